The molecule has 0 unspecified atom stereocenters. The van der Waals surface area contributed by atoms with Crippen LogP contribution in [0.3, 0.4) is 0 Å². The van der Waals surface area contributed by atoms with Crippen LogP contribution < -0.4 is 5.73 Å². The van der Waals surface area contributed by atoms with Gasteiger partial charge in [0.25, 0.3) is 0 Å². The standard InChI is InChI=1S/C38H32N4O/c39-37(43)38(34-7-1-28(2-8-34)25-31-13-19-40-20-14-31,35-9-3-29(4-10-35)26-32-15-21-41-22-16-32)36-11-5-30(6-12-36)27-33-17-23-42-24-18-33/h1-24H,25-27H2,(H2,39,43). The van der Waals surface area contributed by atoms with Gasteiger partial charge in [0.2, 0.25) is 5.91 Å². The van der Waals surface area contributed by atoms with Gasteiger partial charge in [-0.15, -0.1) is 0 Å². The molecule has 3 heterocycles. The van der Waals surface area contributed by atoms with Crippen LogP contribution in [-0.4, -0.2) is 20.9 Å². The van der Waals surface area contributed by atoms with Crippen molar-refractivity contribution < 1.29 is 4.79 Å². The Morgan fingerprint density at radius 1 is 0.419 bits per heavy atom. The van der Waals surface area contributed by atoms with Crippen LogP contribution in [0.4, 0.5) is 0 Å². The molecule has 0 aliphatic heterocycles. The second-order valence-electron chi connectivity index (χ2n) is 10.8. The summed E-state index contributed by atoms with van der Waals surface area (Å²) < 4.78 is 0. The number of aromatic nitrogens is 3. The Balaban J connectivity index is 1.39. The maximum Gasteiger partial charge on any atom is 0.237 e. The van der Waals surface area contributed by atoms with Crippen molar-refractivity contribution in [3.8, 4) is 0 Å². The summed E-state index contributed by atoms with van der Waals surface area (Å²) in [7, 11) is 0. The van der Waals surface area contributed by atoms with Gasteiger partial charge in [0.1, 0.15) is 5.41 Å². The number of nitrogens with zero attached hydrogens (tertiary/aromatic N) is 3. The van der Waals surface area contributed by atoms with Crippen LogP contribution in [0.2, 0.25) is 0 Å². The number of carbonyl (C=O) groups excluding carboxylic acids is 1. The van der Waals surface area contributed by atoms with Gasteiger partial charge in [-0.25, -0.2) is 0 Å². The topological polar surface area (TPSA) is 81.8 Å². The number of pyridine rings is 3. The zero-order valence-electron chi connectivity index (χ0n) is 23.8. The lowest BCUT2D eigenvalue weighted by atomic mass is 9.68. The molecule has 0 spiro atoms. The first kappa shape index (κ1) is 27.7. The predicted molar refractivity (Wildman–Crippen MR) is 170 cm³/mol. The molecule has 0 bridgehead atoms. The van der Waals surface area contributed by atoms with E-state index in [0.29, 0.717) is 0 Å². The average Bonchev–Trinajstić information content (AvgIpc) is 3.05. The van der Waals surface area contributed by atoms with Crippen molar-refractivity contribution in [2.24, 2.45) is 5.73 Å². The normalized spacial score (nSPS) is 11.3. The highest BCUT2D eigenvalue weighted by atomic mass is 16.1. The molecule has 2 N–H and O–H groups in total. The third kappa shape index (κ3) is 6.11. The molecule has 1 amide bonds. The summed E-state index contributed by atoms with van der Waals surface area (Å²) in [5, 5.41) is 0. The van der Waals surface area contributed by atoms with Crippen LogP contribution in [0.15, 0.2) is 146 Å². The molecular weight excluding hydrogens is 528 g/mol. The monoisotopic (exact) mass is 560 g/mol. The number of benzene rings is 3. The lowest BCUT2D eigenvalue weighted by Gasteiger charge is -2.33. The zero-order chi connectivity index (χ0) is 29.5. The van der Waals surface area contributed by atoms with Crippen LogP contribution >= 0.6 is 0 Å². The summed E-state index contributed by atoms with van der Waals surface area (Å²) in [6.07, 6.45) is 13.2. The maximum atomic E-state index is 13.8. The number of primary amides is 1. The smallest absolute Gasteiger partial charge is 0.237 e. The largest absolute Gasteiger partial charge is 0.368 e. The van der Waals surface area contributed by atoms with Crippen molar-refractivity contribution in [3.05, 3.63) is 196 Å². The van der Waals surface area contributed by atoms with Gasteiger partial charge in [0.05, 0.1) is 0 Å². The van der Waals surface area contributed by atoms with Crippen LogP contribution in [0.1, 0.15) is 50.1 Å². The van der Waals surface area contributed by atoms with Gasteiger partial charge in [0.15, 0.2) is 0 Å². The maximum absolute atomic E-state index is 13.8. The van der Waals surface area contributed by atoms with Crippen LogP contribution in [-0.2, 0) is 29.5 Å². The summed E-state index contributed by atoms with van der Waals surface area (Å²) in [6.45, 7) is 0. The number of rotatable bonds is 10. The van der Waals surface area contributed by atoms with Gasteiger partial charge in [0, 0.05) is 37.2 Å². The Morgan fingerprint density at radius 2 is 0.651 bits per heavy atom. The molecular formula is C38H32N4O. The third-order valence-corrected chi connectivity index (χ3v) is 8.00. The van der Waals surface area contributed by atoms with Crippen LogP contribution in [0.5, 0.6) is 0 Å². The molecule has 43 heavy (non-hydrogen) atoms. The highest BCUT2D eigenvalue weighted by Gasteiger charge is 2.42. The Kier molecular flexibility index (Phi) is 8.14. The van der Waals surface area contributed by atoms with Crippen molar-refractivity contribution in [3.63, 3.8) is 0 Å². The van der Waals surface area contributed by atoms with E-state index in [4.69, 9.17) is 5.73 Å². The van der Waals surface area contributed by atoms with Crippen molar-refractivity contribution in [2.45, 2.75) is 24.7 Å². The third-order valence-electron chi connectivity index (χ3n) is 8.00. The van der Waals surface area contributed by atoms with E-state index in [2.05, 4.69) is 51.4 Å². The predicted octanol–water partition coefficient (Wildman–Crippen LogP) is 6.46. The summed E-state index contributed by atoms with van der Waals surface area (Å²) in [4.78, 5) is 26.1. The Bertz CT molecular complexity index is 1570. The first-order chi connectivity index (χ1) is 21.1. The van der Waals surface area contributed by atoms with Gasteiger partial charge in [-0.05, 0) is 106 Å². The van der Waals surface area contributed by atoms with E-state index in [1.54, 1.807) is 37.2 Å². The number of nitrogens with two attached hydrogens (primary N) is 1. The molecule has 5 heteroatoms. The van der Waals surface area contributed by atoms with E-state index in [1.807, 2.05) is 72.8 Å². The van der Waals surface area contributed by atoms with E-state index in [9.17, 15) is 4.79 Å². The van der Waals surface area contributed by atoms with Crippen LogP contribution in [0.25, 0.3) is 0 Å². The summed E-state index contributed by atoms with van der Waals surface area (Å²) in [5.74, 6) is -0.418. The van der Waals surface area contributed by atoms with Gasteiger partial charge >= 0.3 is 0 Å². The van der Waals surface area contributed by atoms with Crippen molar-refractivity contribution >= 4 is 5.91 Å². The molecule has 0 radical (unpaired) electrons. The first-order valence-electron chi connectivity index (χ1n) is 14.4. The fourth-order valence-corrected chi connectivity index (χ4v) is 5.75. The van der Waals surface area contributed by atoms with Gasteiger partial charge in [-0.1, -0.05) is 72.8 Å². The molecule has 3 aromatic carbocycles. The molecule has 0 saturated heterocycles. The molecule has 0 fully saturated rings. The summed E-state index contributed by atoms with van der Waals surface area (Å²) >= 11 is 0. The number of amides is 1. The minimum absolute atomic E-state index is 0.418. The Morgan fingerprint density at radius 3 is 0.884 bits per heavy atom. The fourth-order valence-electron chi connectivity index (χ4n) is 5.75. The number of carbonyl (C=O) groups is 1. The molecule has 5 nitrogen and oxygen atoms in total. The van der Waals surface area contributed by atoms with Gasteiger partial charge < -0.3 is 5.73 Å². The van der Waals surface area contributed by atoms with Gasteiger partial charge in [-0.2, -0.15) is 0 Å². The molecule has 210 valence electrons. The molecule has 0 aliphatic carbocycles. The molecule has 0 saturated carbocycles. The summed E-state index contributed by atoms with van der Waals surface area (Å²) in [5.41, 5.74) is 14.7. The molecule has 3 aromatic heterocycles. The van der Waals surface area contributed by atoms with E-state index >= 15 is 0 Å². The highest BCUT2D eigenvalue weighted by molar-refractivity contribution is 5.95. The lowest BCUT2D eigenvalue weighted by Crippen LogP contribution is -2.43. The summed E-state index contributed by atoms with van der Waals surface area (Å²) in [6, 6.07) is 36.8. The Hall–Kier alpha value is -5.42. The number of hydrogen-bond acceptors (Lipinski definition) is 4. The highest BCUT2D eigenvalue weighted by Crippen LogP contribution is 2.40. The van der Waals surface area contributed by atoms with Crippen molar-refractivity contribution in [2.75, 3.05) is 0 Å². The van der Waals surface area contributed by atoms with E-state index < -0.39 is 11.3 Å². The SMILES string of the molecule is NC(=O)C(c1ccc(Cc2ccncc2)cc1)(c1ccc(Cc2ccncc2)cc1)c1ccc(Cc2ccncc2)cc1. The minimum atomic E-state index is -1.17. The van der Waals surface area contributed by atoms with Crippen molar-refractivity contribution in [1.82, 2.24) is 15.0 Å². The second kappa shape index (κ2) is 12.6. The molecule has 0 aliphatic rings. The van der Waals surface area contributed by atoms with Crippen molar-refractivity contribution in [1.29, 1.82) is 0 Å². The average molecular weight is 561 g/mol. The minimum Gasteiger partial charge on any atom is -0.368 e. The van der Waals surface area contributed by atoms with E-state index in [1.165, 1.54) is 16.7 Å². The molecule has 6 rings (SSSR count). The lowest BCUT2D eigenvalue weighted by molar-refractivity contribution is -0.120. The first-order valence-corrected chi connectivity index (χ1v) is 14.4. The number of hydrogen-bond donors (Lipinski definition) is 1. The van der Waals surface area contributed by atoms with Gasteiger partial charge in [-0.3, -0.25) is 19.7 Å². The molecule has 0 atom stereocenters. The second-order valence-corrected chi connectivity index (χ2v) is 10.8. The van der Waals surface area contributed by atoms with E-state index in [0.717, 1.165) is 52.6 Å². The molecule has 6 aromatic rings. The Labute approximate surface area is 252 Å². The fraction of sp³-hybridized carbons (Fsp3) is 0.105. The van der Waals surface area contributed by atoms with E-state index in [-0.39, 0.29) is 0 Å². The quantitative estimate of drug-likeness (QED) is 0.195. The zero-order valence-corrected chi connectivity index (χ0v) is 23.8. The van der Waals surface area contributed by atoms with Crippen LogP contribution in [0, 0.1) is 0 Å².